The van der Waals surface area contributed by atoms with E-state index < -0.39 is 0 Å². The fourth-order valence-electron chi connectivity index (χ4n) is 2.94. The van der Waals surface area contributed by atoms with Crippen molar-refractivity contribution in [2.75, 3.05) is 16.8 Å². The van der Waals surface area contributed by atoms with Crippen molar-refractivity contribution in [2.45, 2.75) is 12.8 Å². The molecule has 1 aliphatic rings. The number of hydrogen-bond donors (Lipinski definition) is 1. The first-order valence-corrected chi connectivity index (χ1v) is 8.58. The van der Waals surface area contributed by atoms with Gasteiger partial charge >= 0.3 is 0 Å². The lowest BCUT2D eigenvalue weighted by molar-refractivity contribution is -0.117. The van der Waals surface area contributed by atoms with Crippen LogP contribution in [0.25, 0.3) is 10.9 Å². The van der Waals surface area contributed by atoms with E-state index in [1.807, 2.05) is 47.4 Å². The van der Waals surface area contributed by atoms with Gasteiger partial charge in [-0.1, -0.05) is 22.0 Å². The van der Waals surface area contributed by atoms with Crippen molar-refractivity contribution in [3.63, 3.8) is 0 Å². The van der Waals surface area contributed by atoms with Crippen molar-refractivity contribution in [3.8, 4) is 0 Å². The Morgan fingerprint density at radius 1 is 1.12 bits per heavy atom. The minimum atomic E-state index is 0.174. The molecule has 3 aromatic rings. The first-order chi connectivity index (χ1) is 11.7. The Kier molecular flexibility index (Phi) is 3.90. The number of carbonyl (C=O) groups is 1. The van der Waals surface area contributed by atoms with E-state index in [4.69, 9.17) is 0 Å². The minimum absolute atomic E-state index is 0.174. The molecular weight excluding hydrogens is 368 g/mol. The van der Waals surface area contributed by atoms with Crippen LogP contribution >= 0.6 is 15.9 Å². The Hall–Kier alpha value is -2.47. The second-order valence-electron chi connectivity index (χ2n) is 5.71. The maximum atomic E-state index is 12.0. The summed E-state index contributed by atoms with van der Waals surface area (Å²) in [5, 5.41) is 4.23. The van der Waals surface area contributed by atoms with Gasteiger partial charge in [-0.2, -0.15) is 0 Å². The standard InChI is InChI=1S/C18H15BrN4O/c19-12-3-1-4-13(9-12)22-18-15-10-14(23-8-2-5-17(23)24)6-7-16(15)20-11-21-18/h1,3-4,6-7,9-11H,2,5,8H2,(H,20,21,22). The molecule has 1 N–H and O–H groups in total. The first-order valence-electron chi connectivity index (χ1n) is 7.78. The lowest BCUT2D eigenvalue weighted by Gasteiger charge is -2.17. The van der Waals surface area contributed by atoms with Crippen molar-refractivity contribution in [2.24, 2.45) is 0 Å². The van der Waals surface area contributed by atoms with Crippen molar-refractivity contribution in [1.82, 2.24) is 9.97 Å². The zero-order chi connectivity index (χ0) is 16.5. The number of fused-ring (bicyclic) bond motifs is 1. The van der Waals surface area contributed by atoms with Crippen molar-refractivity contribution in [1.29, 1.82) is 0 Å². The molecular formula is C18H15BrN4O. The van der Waals surface area contributed by atoms with Gasteiger partial charge in [-0.15, -0.1) is 0 Å². The van der Waals surface area contributed by atoms with Gasteiger partial charge in [0.2, 0.25) is 5.91 Å². The van der Waals surface area contributed by atoms with Gasteiger partial charge in [0, 0.05) is 34.2 Å². The molecule has 0 atom stereocenters. The molecule has 0 bridgehead atoms. The molecule has 0 saturated carbocycles. The van der Waals surface area contributed by atoms with Crippen LogP contribution in [-0.2, 0) is 4.79 Å². The Morgan fingerprint density at radius 3 is 2.83 bits per heavy atom. The molecule has 1 amide bonds. The van der Waals surface area contributed by atoms with Crippen molar-refractivity contribution < 1.29 is 4.79 Å². The Labute approximate surface area is 147 Å². The molecule has 2 aromatic carbocycles. The van der Waals surface area contributed by atoms with Crippen molar-refractivity contribution in [3.05, 3.63) is 53.3 Å². The van der Waals surface area contributed by atoms with E-state index in [2.05, 4.69) is 31.2 Å². The Morgan fingerprint density at radius 2 is 2.04 bits per heavy atom. The lowest BCUT2D eigenvalue weighted by atomic mass is 10.2. The highest BCUT2D eigenvalue weighted by atomic mass is 79.9. The van der Waals surface area contributed by atoms with E-state index in [1.54, 1.807) is 6.33 Å². The van der Waals surface area contributed by atoms with E-state index in [0.717, 1.165) is 45.5 Å². The highest BCUT2D eigenvalue weighted by molar-refractivity contribution is 9.10. The quantitative estimate of drug-likeness (QED) is 0.734. The summed E-state index contributed by atoms with van der Waals surface area (Å²) in [5.41, 5.74) is 2.68. The van der Waals surface area contributed by atoms with Crippen molar-refractivity contribution >= 4 is 49.9 Å². The number of rotatable bonds is 3. The predicted molar refractivity (Wildman–Crippen MR) is 98.5 cm³/mol. The molecule has 120 valence electrons. The minimum Gasteiger partial charge on any atom is -0.340 e. The summed E-state index contributed by atoms with van der Waals surface area (Å²) in [6.07, 6.45) is 3.07. The fourth-order valence-corrected chi connectivity index (χ4v) is 3.34. The molecule has 5 nitrogen and oxygen atoms in total. The van der Waals surface area contributed by atoms with Gasteiger partial charge < -0.3 is 10.2 Å². The summed E-state index contributed by atoms with van der Waals surface area (Å²) < 4.78 is 0.995. The second-order valence-corrected chi connectivity index (χ2v) is 6.62. The van der Waals surface area contributed by atoms with E-state index in [1.165, 1.54) is 0 Å². The number of benzene rings is 2. The van der Waals surface area contributed by atoms with Gasteiger partial charge in [0.1, 0.15) is 12.1 Å². The van der Waals surface area contributed by atoms with Crippen LogP contribution in [0.15, 0.2) is 53.3 Å². The largest absolute Gasteiger partial charge is 0.340 e. The summed E-state index contributed by atoms with van der Waals surface area (Å²) in [7, 11) is 0. The number of aromatic nitrogens is 2. The van der Waals surface area contributed by atoms with E-state index in [0.29, 0.717) is 6.42 Å². The van der Waals surface area contributed by atoms with E-state index >= 15 is 0 Å². The highest BCUT2D eigenvalue weighted by Crippen LogP contribution is 2.29. The molecule has 24 heavy (non-hydrogen) atoms. The molecule has 0 aliphatic carbocycles. The molecule has 0 radical (unpaired) electrons. The number of halogens is 1. The molecule has 1 aliphatic heterocycles. The lowest BCUT2D eigenvalue weighted by Crippen LogP contribution is -2.23. The third-order valence-electron chi connectivity index (χ3n) is 4.09. The van der Waals surface area contributed by atoms with Crippen LogP contribution in [-0.4, -0.2) is 22.4 Å². The Balaban J connectivity index is 1.76. The van der Waals surface area contributed by atoms with E-state index in [9.17, 15) is 4.79 Å². The number of anilines is 3. The number of nitrogens with zero attached hydrogens (tertiary/aromatic N) is 3. The zero-order valence-electron chi connectivity index (χ0n) is 12.9. The monoisotopic (exact) mass is 382 g/mol. The van der Waals surface area contributed by atoms with Crippen LogP contribution < -0.4 is 10.2 Å². The Bertz CT molecular complexity index is 928. The van der Waals surface area contributed by atoms with Gasteiger partial charge in [0.25, 0.3) is 0 Å². The average molecular weight is 383 g/mol. The molecule has 0 spiro atoms. The topological polar surface area (TPSA) is 58.1 Å². The number of carbonyl (C=O) groups excluding carboxylic acids is 1. The predicted octanol–water partition coefficient (Wildman–Crippen LogP) is 4.26. The summed E-state index contributed by atoms with van der Waals surface area (Å²) in [5.74, 6) is 0.902. The number of nitrogens with one attached hydrogen (secondary N) is 1. The van der Waals surface area contributed by atoms with Crippen LogP contribution in [0.5, 0.6) is 0 Å². The maximum Gasteiger partial charge on any atom is 0.227 e. The second kappa shape index (κ2) is 6.20. The average Bonchev–Trinajstić information content (AvgIpc) is 3.01. The maximum absolute atomic E-state index is 12.0. The normalized spacial score (nSPS) is 14.4. The zero-order valence-corrected chi connectivity index (χ0v) is 14.5. The molecule has 1 saturated heterocycles. The van der Waals surface area contributed by atoms with Gasteiger partial charge in [0.15, 0.2) is 0 Å². The summed E-state index contributed by atoms with van der Waals surface area (Å²) in [4.78, 5) is 22.5. The van der Waals surface area contributed by atoms with Crippen LogP contribution in [0.4, 0.5) is 17.2 Å². The summed E-state index contributed by atoms with van der Waals surface area (Å²) in [6.45, 7) is 0.770. The van der Waals surface area contributed by atoms with E-state index in [-0.39, 0.29) is 5.91 Å². The molecule has 4 rings (SSSR count). The molecule has 0 unspecified atom stereocenters. The smallest absolute Gasteiger partial charge is 0.227 e. The van der Waals surface area contributed by atoms with Gasteiger partial charge in [-0.05, 0) is 42.8 Å². The summed E-state index contributed by atoms with van der Waals surface area (Å²) >= 11 is 3.47. The molecule has 1 fully saturated rings. The van der Waals surface area contributed by atoms with Gasteiger partial charge in [-0.25, -0.2) is 9.97 Å². The molecule has 6 heteroatoms. The highest BCUT2D eigenvalue weighted by Gasteiger charge is 2.22. The third kappa shape index (κ3) is 2.85. The first kappa shape index (κ1) is 15.1. The number of amides is 1. The van der Waals surface area contributed by atoms with Crippen LogP contribution in [0, 0.1) is 0 Å². The molecule has 1 aromatic heterocycles. The SMILES string of the molecule is O=C1CCCN1c1ccc2ncnc(Nc3cccc(Br)c3)c2c1. The summed E-state index contributed by atoms with van der Waals surface area (Å²) in [6, 6.07) is 13.8. The number of hydrogen-bond acceptors (Lipinski definition) is 4. The van der Waals surface area contributed by atoms with Crippen LogP contribution in [0.2, 0.25) is 0 Å². The van der Waals surface area contributed by atoms with Gasteiger partial charge in [-0.3, -0.25) is 4.79 Å². The van der Waals surface area contributed by atoms with Gasteiger partial charge in [0.05, 0.1) is 5.52 Å². The third-order valence-corrected chi connectivity index (χ3v) is 4.58. The van der Waals surface area contributed by atoms with Crippen LogP contribution in [0.3, 0.4) is 0 Å². The molecule has 2 heterocycles. The van der Waals surface area contributed by atoms with Crippen LogP contribution in [0.1, 0.15) is 12.8 Å². The fraction of sp³-hybridized carbons (Fsp3) is 0.167.